The van der Waals surface area contributed by atoms with Crippen LogP contribution in [0.1, 0.15) is 9.67 Å². The Morgan fingerprint density at radius 2 is 2.00 bits per heavy atom. The molecule has 0 saturated carbocycles. The van der Waals surface area contributed by atoms with Crippen molar-refractivity contribution >= 4 is 22.9 Å². The standard InChI is InChI=1S/C11H8FNOS/c12-8-4-1-2-5-9(8)13-11(14)10-6-3-7-15-10/h1-7H,(H,13,14). The van der Waals surface area contributed by atoms with E-state index in [4.69, 9.17) is 0 Å². The van der Waals surface area contributed by atoms with Crippen molar-refractivity contribution < 1.29 is 9.18 Å². The highest BCUT2D eigenvalue weighted by Crippen LogP contribution is 2.15. The number of carbonyl (C=O) groups excluding carboxylic acids is 1. The van der Waals surface area contributed by atoms with E-state index in [-0.39, 0.29) is 11.6 Å². The van der Waals surface area contributed by atoms with E-state index < -0.39 is 5.82 Å². The van der Waals surface area contributed by atoms with E-state index in [0.29, 0.717) is 4.88 Å². The normalized spacial score (nSPS) is 9.93. The molecule has 0 fully saturated rings. The average Bonchev–Trinajstić information content (AvgIpc) is 2.74. The second-order valence-electron chi connectivity index (χ2n) is 2.91. The number of benzene rings is 1. The van der Waals surface area contributed by atoms with Gasteiger partial charge in [-0.1, -0.05) is 18.2 Å². The van der Waals surface area contributed by atoms with Gasteiger partial charge in [-0.3, -0.25) is 4.79 Å². The summed E-state index contributed by atoms with van der Waals surface area (Å²) in [5.41, 5.74) is 0.205. The SMILES string of the molecule is O=C(Nc1ccccc1F)c1cccs1. The van der Waals surface area contributed by atoms with Crippen LogP contribution in [0.2, 0.25) is 0 Å². The number of hydrogen-bond donors (Lipinski definition) is 1. The molecule has 2 rings (SSSR count). The first kappa shape index (κ1) is 9.86. The zero-order valence-corrected chi connectivity index (χ0v) is 8.55. The number of rotatable bonds is 2. The minimum absolute atomic E-state index is 0.205. The van der Waals surface area contributed by atoms with Gasteiger partial charge in [0.05, 0.1) is 10.6 Å². The van der Waals surface area contributed by atoms with Gasteiger partial charge in [0, 0.05) is 0 Å². The van der Waals surface area contributed by atoms with Crippen LogP contribution in [0, 0.1) is 5.82 Å². The maximum atomic E-state index is 13.2. The van der Waals surface area contributed by atoms with E-state index in [2.05, 4.69) is 5.32 Å². The number of amides is 1. The molecular formula is C11H8FNOS. The number of thiophene rings is 1. The summed E-state index contributed by atoms with van der Waals surface area (Å²) < 4.78 is 13.2. The average molecular weight is 221 g/mol. The summed E-state index contributed by atoms with van der Waals surface area (Å²) in [7, 11) is 0. The van der Waals surface area contributed by atoms with Crippen molar-refractivity contribution in [2.45, 2.75) is 0 Å². The minimum Gasteiger partial charge on any atom is -0.319 e. The highest BCUT2D eigenvalue weighted by molar-refractivity contribution is 7.12. The first-order chi connectivity index (χ1) is 7.27. The molecule has 4 heteroatoms. The first-order valence-corrected chi connectivity index (χ1v) is 5.25. The fraction of sp³-hybridized carbons (Fsp3) is 0. The molecule has 0 aliphatic carbocycles. The highest BCUT2D eigenvalue weighted by atomic mass is 32.1. The van der Waals surface area contributed by atoms with E-state index in [9.17, 15) is 9.18 Å². The molecule has 0 aliphatic heterocycles. The van der Waals surface area contributed by atoms with E-state index >= 15 is 0 Å². The van der Waals surface area contributed by atoms with Crippen LogP contribution in [-0.2, 0) is 0 Å². The fourth-order valence-corrected chi connectivity index (χ4v) is 1.77. The van der Waals surface area contributed by atoms with Gasteiger partial charge < -0.3 is 5.32 Å². The quantitative estimate of drug-likeness (QED) is 0.829. The molecule has 0 aliphatic rings. The topological polar surface area (TPSA) is 29.1 Å². The molecule has 0 atom stereocenters. The van der Waals surface area contributed by atoms with Gasteiger partial charge in [-0.25, -0.2) is 4.39 Å². The summed E-state index contributed by atoms with van der Waals surface area (Å²) >= 11 is 1.32. The molecule has 1 aromatic carbocycles. The molecule has 0 unspecified atom stereocenters. The second kappa shape index (κ2) is 4.23. The van der Waals surface area contributed by atoms with Gasteiger partial charge in [0.1, 0.15) is 5.82 Å². The Bertz CT molecular complexity index is 467. The Kier molecular flexibility index (Phi) is 2.78. The maximum absolute atomic E-state index is 13.2. The molecular weight excluding hydrogens is 213 g/mol. The van der Waals surface area contributed by atoms with Crippen molar-refractivity contribution in [2.75, 3.05) is 5.32 Å². The van der Waals surface area contributed by atoms with Crippen molar-refractivity contribution in [3.05, 3.63) is 52.5 Å². The van der Waals surface area contributed by atoms with Crippen LogP contribution in [0.4, 0.5) is 10.1 Å². The Balaban J connectivity index is 2.17. The van der Waals surface area contributed by atoms with Gasteiger partial charge in [0.25, 0.3) is 5.91 Å². The minimum atomic E-state index is -0.428. The van der Waals surface area contributed by atoms with E-state index in [1.54, 1.807) is 29.6 Å². The van der Waals surface area contributed by atoms with Crippen LogP contribution in [0.5, 0.6) is 0 Å². The lowest BCUT2D eigenvalue weighted by molar-refractivity contribution is 0.103. The third-order valence-electron chi connectivity index (χ3n) is 1.87. The van der Waals surface area contributed by atoms with Gasteiger partial charge >= 0.3 is 0 Å². The van der Waals surface area contributed by atoms with Crippen LogP contribution >= 0.6 is 11.3 Å². The maximum Gasteiger partial charge on any atom is 0.265 e. The van der Waals surface area contributed by atoms with E-state index in [1.807, 2.05) is 0 Å². The van der Waals surface area contributed by atoms with Crippen molar-refractivity contribution in [1.29, 1.82) is 0 Å². The monoisotopic (exact) mass is 221 g/mol. The van der Waals surface area contributed by atoms with Gasteiger partial charge in [-0.15, -0.1) is 11.3 Å². The van der Waals surface area contributed by atoms with Crippen molar-refractivity contribution in [3.63, 3.8) is 0 Å². The van der Waals surface area contributed by atoms with Gasteiger partial charge in [-0.2, -0.15) is 0 Å². The molecule has 0 radical (unpaired) electrons. The molecule has 15 heavy (non-hydrogen) atoms. The Morgan fingerprint density at radius 1 is 1.20 bits per heavy atom. The predicted molar refractivity (Wildman–Crippen MR) is 58.7 cm³/mol. The van der Waals surface area contributed by atoms with Crippen LogP contribution in [-0.4, -0.2) is 5.91 Å². The molecule has 1 aromatic heterocycles. The lowest BCUT2D eigenvalue weighted by atomic mass is 10.3. The van der Waals surface area contributed by atoms with Crippen LogP contribution in [0.25, 0.3) is 0 Å². The number of carbonyl (C=O) groups is 1. The Hall–Kier alpha value is -1.68. The number of anilines is 1. The molecule has 1 heterocycles. The zero-order valence-electron chi connectivity index (χ0n) is 7.74. The van der Waals surface area contributed by atoms with Crippen molar-refractivity contribution in [1.82, 2.24) is 0 Å². The highest BCUT2D eigenvalue weighted by Gasteiger charge is 2.08. The zero-order chi connectivity index (χ0) is 10.7. The van der Waals surface area contributed by atoms with E-state index in [0.717, 1.165) is 0 Å². The fourth-order valence-electron chi connectivity index (χ4n) is 1.15. The van der Waals surface area contributed by atoms with Crippen molar-refractivity contribution in [2.24, 2.45) is 0 Å². The lowest BCUT2D eigenvalue weighted by Gasteiger charge is -2.03. The van der Waals surface area contributed by atoms with Gasteiger partial charge in [0.15, 0.2) is 0 Å². The Labute approximate surface area is 90.4 Å². The van der Waals surface area contributed by atoms with Gasteiger partial charge in [0.2, 0.25) is 0 Å². The van der Waals surface area contributed by atoms with Crippen LogP contribution < -0.4 is 5.32 Å². The van der Waals surface area contributed by atoms with Gasteiger partial charge in [-0.05, 0) is 23.6 Å². The predicted octanol–water partition coefficient (Wildman–Crippen LogP) is 3.14. The Morgan fingerprint density at radius 3 is 2.67 bits per heavy atom. The molecule has 1 amide bonds. The van der Waals surface area contributed by atoms with Crippen LogP contribution in [0.3, 0.4) is 0 Å². The molecule has 0 bridgehead atoms. The summed E-state index contributed by atoms with van der Waals surface area (Å²) in [5.74, 6) is -0.711. The summed E-state index contributed by atoms with van der Waals surface area (Å²) in [4.78, 5) is 12.1. The largest absolute Gasteiger partial charge is 0.319 e. The molecule has 1 N–H and O–H groups in total. The molecule has 2 aromatic rings. The summed E-state index contributed by atoms with van der Waals surface area (Å²) in [6.45, 7) is 0. The summed E-state index contributed by atoms with van der Waals surface area (Å²) in [6, 6.07) is 9.57. The van der Waals surface area contributed by atoms with Crippen molar-refractivity contribution in [3.8, 4) is 0 Å². The molecule has 0 spiro atoms. The summed E-state index contributed by atoms with van der Waals surface area (Å²) in [6.07, 6.45) is 0. The van der Waals surface area contributed by atoms with Crippen LogP contribution in [0.15, 0.2) is 41.8 Å². The number of nitrogens with one attached hydrogen (secondary N) is 1. The third kappa shape index (κ3) is 2.22. The lowest BCUT2D eigenvalue weighted by Crippen LogP contribution is -2.11. The first-order valence-electron chi connectivity index (χ1n) is 4.37. The number of halogens is 1. The third-order valence-corrected chi connectivity index (χ3v) is 2.74. The molecule has 2 nitrogen and oxygen atoms in total. The second-order valence-corrected chi connectivity index (χ2v) is 3.86. The number of hydrogen-bond acceptors (Lipinski definition) is 2. The molecule has 76 valence electrons. The smallest absolute Gasteiger partial charge is 0.265 e. The number of para-hydroxylation sites is 1. The summed E-state index contributed by atoms with van der Waals surface area (Å²) in [5, 5.41) is 4.31. The molecule has 0 saturated heterocycles. The van der Waals surface area contributed by atoms with E-state index in [1.165, 1.54) is 23.5 Å².